The number of allylic oxidation sites excluding steroid dienone is 1. The Bertz CT molecular complexity index is 1270. The SMILES string of the molecule is CCOc1cc(C2=NC(=O)C3C(=N2)SC2=C3CCCC2)cc(Cl)c1OCCOc1ccccc1OC. The lowest BCUT2D eigenvalue weighted by molar-refractivity contribution is -0.118. The number of halogens is 1. The van der Waals surface area contributed by atoms with Crippen molar-refractivity contribution in [3.63, 3.8) is 0 Å². The lowest BCUT2D eigenvalue weighted by Crippen LogP contribution is -2.26. The van der Waals surface area contributed by atoms with Crippen molar-refractivity contribution < 1.29 is 23.7 Å². The maximum absolute atomic E-state index is 13.0. The molecule has 1 unspecified atom stereocenters. The quantitative estimate of drug-likeness (QED) is 0.368. The number of ether oxygens (including phenoxy) is 4. The number of hydrogen-bond donors (Lipinski definition) is 0. The molecule has 0 radical (unpaired) electrons. The zero-order chi connectivity index (χ0) is 25.1. The summed E-state index contributed by atoms with van der Waals surface area (Å²) in [5.41, 5.74) is 1.83. The van der Waals surface area contributed by atoms with Crippen molar-refractivity contribution >= 4 is 40.1 Å². The van der Waals surface area contributed by atoms with Crippen molar-refractivity contribution in [1.29, 1.82) is 0 Å². The number of rotatable bonds is 9. The Morgan fingerprint density at radius 2 is 1.78 bits per heavy atom. The molecule has 0 N–H and O–H groups in total. The summed E-state index contributed by atoms with van der Waals surface area (Å²) in [6.45, 7) is 2.83. The zero-order valence-electron chi connectivity index (χ0n) is 20.2. The van der Waals surface area contributed by atoms with Crippen LogP contribution in [0.4, 0.5) is 0 Å². The van der Waals surface area contributed by atoms with Gasteiger partial charge < -0.3 is 18.9 Å². The average Bonchev–Trinajstić information content (AvgIpc) is 3.27. The van der Waals surface area contributed by atoms with Crippen LogP contribution in [0.25, 0.3) is 0 Å². The van der Waals surface area contributed by atoms with E-state index in [0.717, 1.165) is 30.7 Å². The van der Waals surface area contributed by atoms with E-state index in [1.165, 1.54) is 10.5 Å². The summed E-state index contributed by atoms with van der Waals surface area (Å²) < 4.78 is 22.8. The predicted molar refractivity (Wildman–Crippen MR) is 142 cm³/mol. The number of methoxy groups -OCH3 is 1. The summed E-state index contributed by atoms with van der Waals surface area (Å²) in [5.74, 6) is 2.05. The van der Waals surface area contributed by atoms with Gasteiger partial charge in [0.05, 0.1) is 23.8 Å². The highest BCUT2D eigenvalue weighted by molar-refractivity contribution is 8.17. The first-order valence-corrected chi connectivity index (χ1v) is 13.2. The van der Waals surface area contributed by atoms with Gasteiger partial charge in [-0.15, -0.1) is 0 Å². The number of benzene rings is 2. The van der Waals surface area contributed by atoms with Crippen LogP contribution in [0.3, 0.4) is 0 Å². The standard InChI is InChI=1S/C27H27ClN2O5S/c1-3-33-21-15-16(25-29-26(31)23-17-8-4-7-11-22(17)36-27(23)30-25)14-18(28)24(21)35-13-12-34-20-10-6-5-9-19(20)32-2/h5-6,9-10,14-15,23H,3-4,7-8,11-13H2,1-2H3. The van der Waals surface area contributed by atoms with Gasteiger partial charge in [-0.25, -0.2) is 4.99 Å². The Kier molecular flexibility index (Phi) is 7.53. The van der Waals surface area contributed by atoms with Crippen LogP contribution < -0.4 is 18.9 Å². The maximum atomic E-state index is 13.0. The first-order valence-electron chi connectivity index (χ1n) is 12.0. The monoisotopic (exact) mass is 526 g/mol. The lowest BCUT2D eigenvalue weighted by atomic mass is 9.89. The number of hydrogen-bond acceptors (Lipinski definition) is 7. The van der Waals surface area contributed by atoms with Gasteiger partial charge in [-0.2, -0.15) is 4.99 Å². The molecule has 7 nitrogen and oxygen atoms in total. The number of fused-ring (bicyclic) bond motifs is 2. The minimum absolute atomic E-state index is 0.155. The summed E-state index contributed by atoms with van der Waals surface area (Å²) in [6.07, 6.45) is 4.25. The van der Waals surface area contributed by atoms with Gasteiger partial charge in [0, 0.05) is 5.56 Å². The van der Waals surface area contributed by atoms with Crippen molar-refractivity contribution in [2.45, 2.75) is 32.6 Å². The molecule has 2 aromatic carbocycles. The van der Waals surface area contributed by atoms with Gasteiger partial charge >= 0.3 is 0 Å². The van der Waals surface area contributed by atoms with Crippen LogP contribution in [0.15, 0.2) is 56.9 Å². The van der Waals surface area contributed by atoms with Gasteiger partial charge in [-0.05, 0) is 67.4 Å². The second-order valence-corrected chi connectivity index (χ2v) is 10.0. The molecule has 2 aromatic rings. The van der Waals surface area contributed by atoms with E-state index in [9.17, 15) is 4.79 Å². The summed E-state index contributed by atoms with van der Waals surface area (Å²) in [7, 11) is 1.60. The molecule has 0 fully saturated rings. The van der Waals surface area contributed by atoms with Crippen molar-refractivity contribution in [3.05, 3.63) is 57.5 Å². The normalized spacial score (nSPS) is 18.8. The van der Waals surface area contributed by atoms with Crippen molar-refractivity contribution in [3.8, 4) is 23.0 Å². The predicted octanol–water partition coefficient (Wildman–Crippen LogP) is 6.08. The highest BCUT2D eigenvalue weighted by atomic mass is 35.5. The second-order valence-electron chi connectivity index (χ2n) is 8.48. The van der Waals surface area contributed by atoms with Gasteiger partial charge in [0.15, 0.2) is 28.8 Å². The fraction of sp³-hybridized carbons (Fsp3) is 0.370. The highest BCUT2D eigenvalue weighted by Gasteiger charge is 2.40. The van der Waals surface area contributed by atoms with Crippen LogP contribution in [-0.2, 0) is 4.79 Å². The Balaban J connectivity index is 1.32. The fourth-order valence-corrected chi connectivity index (χ4v) is 6.17. The molecule has 3 aliphatic rings. The first kappa shape index (κ1) is 24.7. The van der Waals surface area contributed by atoms with Crippen LogP contribution in [0.1, 0.15) is 38.2 Å². The first-order chi connectivity index (χ1) is 17.6. The topological polar surface area (TPSA) is 78.7 Å². The fourth-order valence-electron chi connectivity index (χ4n) is 4.56. The minimum Gasteiger partial charge on any atom is -0.493 e. The number of thioether (sulfide) groups is 1. The highest BCUT2D eigenvalue weighted by Crippen LogP contribution is 2.48. The molecule has 0 saturated heterocycles. The van der Waals surface area contributed by atoms with E-state index in [0.29, 0.717) is 46.0 Å². The van der Waals surface area contributed by atoms with Crippen LogP contribution in [-0.4, -0.2) is 43.7 Å². The molecule has 1 aliphatic carbocycles. The number of nitrogens with zero attached hydrogens (tertiary/aromatic N) is 2. The number of amides is 1. The molecule has 0 aromatic heterocycles. The van der Waals surface area contributed by atoms with Crippen LogP contribution in [0, 0.1) is 5.92 Å². The number of amidine groups is 1. The molecule has 0 spiro atoms. The summed E-state index contributed by atoms with van der Waals surface area (Å²) in [4.78, 5) is 23.4. The van der Waals surface area contributed by atoms with E-state index in [1.54, 1.807) is 31.0 Å². The molecule has 0 bridgehead atoms. The van der Waals surface area contributed by atoms with Gasteiger partial charge in [-0.3, -0.25) is 4.79 Å². The average molecular weight is 527 g/mol. The van der Waals surface area contributed by atoms with Crippen LogP contribution >= 0.6 is 23.4 Å². The number of carbonyl (C=O) groups excluding carboxylic acids is 1. The second kappa shape index (κ2) is 11.0. The Morgan fingerprint density at radius 1 is 1.00 bits per heavy atom. The minimum atomic E-state index is -0.304. The molecule has 2 aliphatic heterocycles. The third kappa shape index (κ3) is 4.97. The molecule has 1 atom stereocenters. The zero-order valence-corrected chi connectivity index (χ0v) is 21.8. The van der Waals surface area contributed by atoms with Crippen molar-refractivity contribution in [2.24, 2.45) is 15.9 Å². The molecule has 0 saturated carbocycles. The van der Waals surface area contributed by atoms with Crippen molar-refractivity contribution in [2.75, 3.05) is 26.9 Å². The van der Waals surface area contributed by atoms with Gasteiger partial charge in [0.25, 0.3) is 5.91 Å². The van der Waals surface area contributed by atoms with Gasteiger partial charge in [0.1, 0.15) is 19.1 Å². The Morgan fingerprint density at radius 3 is 2.58 bits per heavy atom. The van der Waals surface area contributed by atoms with Crippen LogP contribution in [0.2, 0.25) is 5.02 Å². The van der Waals surface area contributed by atoms with E-state index >= 15 is 0 Å². The third-order valence-electron chi connectivity index (χ3n) is 6.18. The molecule has 36 heavy (non-hydrogen) atoms. The van der Waals surface area contributed by atoms with Gasteiger partial charge in [0.2, 0.25) is 0 Å². The van der Waals surface area contributed by atoms with Crippen LogP contribution in [0.5, 0.6) is 23.0 Å². The molecule has 2 heterocycles. The van der Waals surface area contributed by atoms with Gasteiger partial charge in [-0.1, -0.05) is 35.5 Å². The summed E-state index contributed by atoms with van der Waals surface area (Å²) in [6, 6.07) is 10.9. The van der Waals surface area contributed by atoms with E-state index in [1.807, 2.05) is 31.2 Å². The van der Waals surface area contributed by atoms with E-state index in [4.69, 9.17) is 35.5 Å². The maximum Gasteiger partial charge on any atom is 0.261 e. The molecular formula is C27H27ClN2O5S. The molecule has 188 valence electrons. The number of carbonyl (C=O) groups is 1. The Labute approximate surface area is 219 Å². The molecule has 5 rings (SSSR count). The summed E-state index contributed by atoms with van der Waals surface area (Å²) >= 11 is 8.25. The molecular weight excluding hydrogens is 500 g/mol. The third-order valence-corrected chi connectivity index (χ3v) is 7.71. The number of para-hydroxylation sites is 2. The number of aliphatic imine (C=N–C) groups is 2. The lowest BCUT2D eigenvalue weighted by Gasteiger charge is -2.19. The van der Waals surface area contributed by atoms with E-state index in [-0.39, 0.29) is 25.0 Å². The molecule has 9 heteroatoms. The summed E-state index contributed by atoms with van der Waals surface area (Å²) in [5, 5.41) is 1.17. The Hall–Kier alpha value is -2.97. The largest absolute Gasteiger partial charge is 0.493 e. The van der Waals surface area contributed by atoms with E-state index in [2.05, 4.69) is 4.99 Å². The van der Waals surface area contributed by atoms with Crippen molar-refractivity contribution in [1.82, 2.24) is 0 Å². The van der Waals surface area contributed by atoms with E-state index < -0.39 is 0 Å². The molecule has 1 amide bonds. The smallest absolute Gasteiger partial charge is 0.261 e.